The molecule has 0 aromatic heterocycles. The molecule has 0 saturated heterocycles. The zero-order chi connectivity index (χ0) is 12.6. The van der Waals surface area contributed by atoms with Crippen LogP contribution in [0.2, 0.25) is 0 Å². The van der Waals surface area contributed by atoms with E-state index in [0.29, 0.717) is 0 Å². The lowest BCUT2D eigenvalue weighted by molar-refractivity contribution is 0.0269. The molecule has 0 saturated carbocycles. The molecule has 4 heteroatoms. The minimum atomic E-state index is -2.22. The molecule has 0 bridgehead atoms. The van der Waals surface area contributed by atoms with Crippen molar-refractivity contribution in [2.75, 3.05) is 6.54 Å². The predicted molar refractivity (Wildman–Crippen MR) is 57.7 cm³/mol. The van der Waals surface area contributed by atoms with E-state index in [1.807, 2.05) is 0 Å². The first-order valence-electron chi connectivity index (χ1n) is 5.07. The van der Waals surface area contributed by atoms with Crippen LogP contribution in [0.25, 0.3) is 0 Å². The molecule has 0 fully saturated rings. The topological polar surface area (TPSA) is 26.0 Å². The van der Waals surface area contributed by atoms with Crippen LogP contribution in [0.5, 0.6) is 0 Å². The normalized spacial score (nSPS) is 15.9. The van der Waals surface area contributed by atoms with E-state index in [-0.39, 0.29) is 0 Å². The van der Waals surface area contributed by atoms with Gasteiger partial charge < -0.3 is 5.73 Å². The third kappa shape index (κ3) is 1.94. The maximum atomic E-state index is 14.7. The number of nitrogens with two attached hydrogens (primary N) is 1. The van der Waals surface area contributed by atoms with Crippen molar-refractivity contribution in [3.8, 4) is 0 Å². The van der Waals surface area contributed by atoms with Crippen LogP contribution in [0.4, 0.5) is 13.2 Å². The van der Waals surface area contributed by atoms with E-state index >= 15 is 0 Å². The fourth-order valence-corrected chi connectivity index (χ4v) is 1.66. The molecule has 1 rings (SSSR count). The highest BCUT2D eigenvalue weighted by atomic mass is 19.2. The van der Waals surface area contributed by atoms with Crippen molar-refractivity contribution in [1.29, 1.82) is 0 Å². The van der Waals surface area contributed by atoms with E-state index in [1.54, 1.807) is 20.8 Å². The molecule has 0 aliphatic heterocycles. The van der Waals surface area contributed by atoms with Crippen LogP contribution in [0.3, 0.4) is 0 Å². The summed E-state index contributed by atoms with van der Waals surface area (Å²) < 4.78 is 41.7. The molecule has 1 nitrogen and oxygen atoms in total. The van der Waals surface area contributed by atoms with Crippen molar-refractivity contribution in [3.63, 3.8) is 0 Å². The molecule has 0 radical (unpaired) electrons. The first kappa shape index (κ1) is 13.0. The van der Waals surface area contributed by atoms with Crippen LogP contribution in [0, 0.1) is 17.0 Å². The summed E-state index contributed by atoms with van der Waals surface area (Å²) in [4.78, 5) is 0. The fourth-order valence-electron chi connectivity index (χ4n) is 1.66. The highest BCUT2D eigenvalue weighted by molar-refractivity contribution is 5.29. The lowest BCUT2D eigenvalue weighted by atomic mass is 9.73. The van der Waals surface area contributed by atoms with Gasteiger partial charge in [-0.2, -0.15) is 0 Å². The molecule has 90 valence electrons. The van der Waals surface area contributed by atoms with Crippen molar-refractivity contribution in [3.05, 3.63) is 35.4 Å². The Hall–Kier alpha value is -1.03. The Morgan fingerprint density at radius 1 is 1.12 bits per heavy atom. The molecule has 0 heterocycles. The SMILES string of the molecule is CC(C)(C)C(F)(CN)c1c(F)cccc1F. The average Bonchev–Trinajstić information content (AvgIpc) is 2.15. The van der Waals surface area contributed by atoms with Gasteiger partial charge in [0.15, 0.2) is 5.67 Å². The molecule has 0 amide bonds. The number of hydrogen-bond acceptors (Lipinski definition) is 1. The third-order valence-electron chi connectivity index (χ3n) is 2.83. The number of halogens is 3. The smallest absolute Gasteiger partial charge is 0.158 e. The Morgan fingerprint density at radius 2 is 1.56 bits per heavy atom. The van der Waals surface area contributed by atoms with Crippen LogP contribution in [-0.2, 0) is 5.67 Å². The largest absolute Gasteiger partial charge is 0.327 e. The molecule has 1 aromatic rings. The second-order valence-electron chi connectivity index (χ2n) is 4.85. The number of benzene rings is 1. The summed E-state index contributed by atoms with van der Waals surface area (Å²) in [6.07, 6.45) is 0. The zero-order valence-electron chi connectivity index (χ0n) is 9.65. The first-order valence-corrected chi connectivity index (χ1v) is 5.07. The molecule has 1 atom stereocenters. The van der Waals surface area contributed by atoms with Gasteiger partial charge in [-0.1, -0.05) is 26.8 Å². The van der Waals surface area contributed by atoms with Gasteiger partial charge in [0.1, 0.15) is 11.6 Å². The van der Waals surface area contributed by atoms with Gasteiger partial charge in [0.2, 0.25) is 0 Å². The van der Waals surface area contributed by atoms with Crippen molar-refractivity contribution < 1.29 is 13.2 Å². The summed E-state index contributed by atoms with van der Waals surface area (Å²) in [5, 5.41) is 0. The summed E-state index contributed by atoms with van der Waals surface area (Å²) in [5.74, 6) is -1.80. The van der Waals surface area contributed by atoms with E-state index in [4.69, 9.17) is 5.73 Å². The molecule has 1 unspecified atom stereocenters. The van der Waals surface area contributed by atoms with Crippen molar-refractivity contribution in [1.82, 2.24) is 0 Å². The Bertz CT molecular complexity index is 364. The summed E-state index contributed by atoms with van der Waals surface area (Å²) in [5.41, 5.74) is 1.57. The third-order valence-corrected chi connectivity index (χ3v) is 2.83. The van der Waals surface area contributed by atoms with E-state index in [0.717, 1.165) is 12.1 Å². The van der Waals surface area contributed by atoms with Gasteiger partial charge in [-0.05, 0) is 12.1 Å². The lowest BCUT2D eigenvalue weighted by Crippen LogP contribution is -2.44. The van der Waals surface area contributed by atoms with Crippen molar-refractivity contribution in [2.45, 2.75) is 26.4 Å². The maximum absolute atomic E-state index is 14.7. The highest BCUT2D eigenvalue weighted by Crippen LogP contribution is 2.44. The van der Waals surface area contributed by atoms with Gasteiger partial charge in [-0.3, -0.25) is 0 Å². The van der Waals surface area contributed by atoms with E-state index in [1.165, 1.54) is 6.07 Å². The van der Waals surface area contributed by atoms with Crippen molar-refractivity contribution >= 4 is 0 Å². The molecule has 0 aliphatic rings. The molecule has 2 N–H and O–H groups in total. The number of rotatable bonds is 2. The molecular formula is C12H16F3N. The summed E-state index contributed by atoms with van der Waals surface area (Å²) >= 11 is 0. The maximum Gasteiger partial charge on any atom is 0.158 e. The van der Waals surface area contributed by atoms with E-state index in [9.17, 15) is 13.2 Å². The van der Waals surface area contributed by atoms with Crippen LogP contribution < -0.4 is 5.73 Å². The highest BCUT2D eigenvalue weighted by Gasteiger charge is 2.46. The van der Waals surface area contributed by atoms with Gasteiger partial charge in [-0.25, -0.2) is 13.2 Å². The van der Waals surface area contributed by atoms with Crippen LogP contribution in [0.15, 0.2) is 18.2 Å². The average molecular weight is 231 g/mol. The van der Waals surface area contributed by atoms with Crippen molar-refractivity contribution in [2.24, 2.45) is 11.1 Å². The standard InChI is InChI=1S/C12H16F3N/c1-11(2,3)12(15,7-16)10-8(13)5-4-6-9(10)14/h4-6H,7,16H2,1-3H3. The predicted octanol–water partition coefficient (Wildman–Crippen LogP) is 3.13. The Balaban J connectivity index is 3.46. The van der Waals surface area contributed by atoms with Crippen LogP contribution in [-0.4, -0.2) is 6.54 Å². The van der Waals surface area contributed by atoms with E-state index in [2.05, 4.69) is 0 Å². The summed E-state index contributed by atoms with van der Waals surface area (Å²) in [6.45, 7) is 4.22. The van der Waals surface area contributed by atoms with Gasteiger partial charge in [-0.15, -0.1) is 0 Å². The van der Waals surface area contributed by atoms with Gasteiger partial charge >= 0.3 is 0 Å². The number of alkyl halides is 1. The Kier molecular flexibility index (Phi) is 3.33. The molecule has 1 aromatic carbocycles. The monoisotopic (exact) mass is 231 g/mol. The minimum absolute atomic E-state index is 0.464. The van der Waals surface area contributed by atoms with Crippen LogP contribution in [0.1, 0.15) is 26.3 Å². The van der Waals surface area contributed by atoms with Gasteiger partial charge in [0, 0.05) is 12.0 Å². The van der Waals surface area contributed by atoms with Gasteiger partial charge in [0.25, 0.3) is 0 Å². The Morgan fingerprint density at radius 3 is 1.88 bits per heavy atom. The fraction of sp³-hybridized carbons (Fsp3) is 0.500. The molecular weight excluding hydrogens is 215 g/mol. The Labute approximate surface area is 93.5 Å². The summed E-state index contributed by atoms with van der Waals surface area (Å²) in [7, 11) is 0. The number of hydrogen-bond donors (Lipinski definition) is 1. The van der Waals surface area contributed by atoms with Crippen LogP contribution >= 0.6 is 0 Å². The molecule has 0 spiro atoms. The quantitative estimate of drug-likeness (QED) is 0.831. The second-order valence-corrected chi connectivity index (χ2v) is 4.85. The van der Waals surface area contributed by atoms with E-state index < -0.39 is 34.8 Å². The minimum Gasteiger partial charge on any atom is -0.327 e. The lowest BCUT2D eigenvalue weighted by Gasteiger charge is -2.37. The first-order chi connectivity index (χ1) is 7.24. The molecule has 16 heavy (non-hydrogen) atoms. The summed E-state index contributed by atoms with van der Waals surface area (Å²) in [6, 6.07) is 3.27. The second kappa shape index (κ2) is 4.09. The zero-order valence-corrected chi connectivity index (χ0v) is 9.65. The molecule has 0 aliphatic carbocycles. The van der Waals surface area contributed by atoms with Gasteiger partial charge in [0.05, 0.1) is 5.56 Å².